The maximum absolute atomic E-state index is 12.0. The number of rotatable bonds is 7. The smallest absolute Gasteiger partial charge is 0.340 e. The van der Waals surface area contributed by atoms with E-state index in [2.05, 4.69) is 11.8 Å². The van der Waals surface area contributed by atoms with Crippen molar-refractivity contribution >= 4 is 17.3 Å². The van der Waals surface area contributed by atoms with Gasteiger partial charge in [-0.05, 0) is 43.9 Å². The largest absolute Gasteiger partial charge is 0.465 e. The second-order valence-corrected chi connectivity index (χ2v) is 5.53. The van der Waals surface area contributed by atoms with Crippen LogP contribution in [-0.2, 0) is 9.47 Å². The molecule has 5 nitrogen and oxygen atoms in total. The first kappa shape index (κ1) is 15.6. The molecule has 1 unspecified atom stereocenters. The average Bonchev–Trinajstić information content (AvgIpc) is 3.32. The molecule has 0 heterocycles. The molecule has 1 aliphatic rings. The van der Waals surface area contributed by atoms with Gasteiger partial charge < -0.3 is 20.1 Å². The predicted molar refractivity (Wildman–Crippen MR) is 83.6 cm³/mol. The minimum atomic E-state index is -0.359. The Kier molecular flexibility index (Phi) is 5.07. The fraction of sp³-hybridized carbons (Fsp3) is 0.562. The van der Waals surface area contributed by atoms with Crippen LogP contribution in [-0.4, -0.2) is 39.4 Å². The van der Waals surface area contributed by atoms with Gasteiger partial charge in [-0.3, -0.25) is 0 Å². The summed E-state index contributed by atoms with van der Waals surface area (Å²) in [5.41, 5.74) is 7.76. The summed E-state index contributed by atoms with van der Waals surface area (Å²) in [4.78, 5) is 14.3. The number of hydrogen-bond acceptors (Lipinski definition) is 5. The lowest BCUT2D eigenvalue weighted by Gasteiger charge is -2.32. The highest BCUT2D eigenvalue weighted by atomic mass is 16.5. The van der Waals surface area contributed by atoms with Crippen LogP contribution in [0, 0.1) is 5.92 Å². The van der Waals surface area contributed by atoms with Crippen LogP contribution in [0.4, 0.5) is 11.4 Å². The molecule has 1 aromatic rings. The lowest BCUT2D eigenvalue weighted by Crippen LogP contribution is -2.38. The van der Waals surface area contributed by atoms with Crippen molar-refractivity contribution < 1.29 is 14.3 Å². The van der Waals surface area contributed by atoms with Crippen LogP contribution < -0.4 is 10.6 Å². The highest BCUT2D eigenvalue weighted by molar-refractivity contribution is 5.97. The molecule has 1 aliphatic carbocycles. The van der Waals surface area contributed by atoms with Crippen LogP contribution in [0.25, 0.3) is 0 Å². The molecule has 5 heteroatoms. The summed E-state index contributed by atoms with van der Waals surface area (Å²) in [6.07, 6.45) is 2.49. The van der Waals surface area contributed by atoms with Gasteiger partial charge in [-0.15, -0.1) is 0 Å². The molecule has 0 spiro atoms. The lowest BCUT2D eigenvalue weighted by atomic mass is 10.1. The van der Waals surface area contributed by atoms with Gasteiger partial charge in [0.25, 0.3) is 0 Å². The summed E-state index contributed by atoms with van der Waals surface area (Å²) in [5, 5.41) is 0. The Morgan fingerprint density at radius 3 is 2.71 bits per heavy atom. The van der Waals surface area contributed by atoms with E-state index in [9.17, 15) is 4.79 Å². The number of nitrogen functional groups attached to an aromatic ring is 1. The first-order valence-electron chi connectivity index (χ1n) is 7.32. The van der Waals surface area contributed by atoms with Crippen LogP contribution in [0.1, 0.15) is 30.1 Å². The normalized spacial score (nSPS) is 15.6. The van der Waals surface area contributed by atoms with E-state index in [0.29, 0.717) is 29.8 Å². The number of nitrogens with two attached hydrogens (primary N) is 1. The number of nitrogens with zero attached hydrogens (tertiary/aromatic N) is 1. The van der Waals surface area contributed by atoms with Gasteiger partial charge in [0.05, 0.1) is 25.0 Å². The number of carbonyl (C=O) groups excluding carboxylic acids is 1. The third kappa shape index (κ3) is 3.67. The molecule has 0 radical (unpaired) electrons. The second kappa shape index (κ2) is 6.80. The Labute approximate surface area is 126 Å². The van der Waals surface area contributed by atoms with Crippen molar-refractivity contribution in [1.29, 1.82) is 0 Å². The van der Waals surface area contributed by atoms with Gasteiger partial charge in [0, 0.05) is 25.4 Å². The number of anilines is 2. The number of carbonyl (C=O) groups is 1. The Hall–Kier alpha value is -1.75. The quantitative estimate of drug-likeness (QED) is 0.617. The summed E-state index contributed by atoms with van der Waals surface area (Å²) in [7, 11) is 3.07. The van der Waals surface area contributed by atoms with E-state index in [1.165, 1.54) is 20.0 Å². The molecule has 116 valence electrons. The fourth-order valence-electron chi connectivity index (χ4n) is 2.64. The van der Waals surface area contributed by atoms with Crippen LogP contribution in [0.3, 0.4) is 0 Å². The van der Waals surface area contributed by atoms with Gasteiger partial charge >= 0.3 is 5.97 Å². The number of methoxy groups -OCH3 is 2. The van der Waals surface area contributed by atoms with Crippen LogP contribution >= 0.6 is 0 Å². The Morgan fingerprint density at radius 1 is 1.43 bits per heavy atom. The minimum absolute atomic E-state index is 0.359. The molecule has 0 bridgehead atoms. The molecule has 1 atom stereocenters. The SMILES string of the molecule is COCCN(c1ccc(N)cc1C(=O)OC)C(C)C1CC1. The first-order valence-corrected chi connectivity index (χ1v) is 7.32. The molecule has 1 fully saturated rings. The molecule has 0 amide bonds. The number of hydrogen-bond donors (Lipinski definition) is 1. The number of benzene rings is 1. The fourth-order valence-corrected chi connectivity index (χ4v) is 2.64. The van der Waals surface area contributed by atoms with Gasteiger partial charge in [0.15, 0.2) is 0 Å². The Bertz CT molecular complexity index is 500. The van der Waals surface area contributed by atoms with E-state index in [4.69, 9.17) is 15.2 Å². The van der Waals surface area contributed by atoms with E-state index < -0.39 is 0 Å². The zero-order valence-electron chi connectivity index (χ0n) is 13.0. The standard InChI is InChI=1S/C16H24N2O3/c1-11(12-4-5-12)18(8-9-20-2)15-7-6-13(17)10-14(15)16(19)21-3/h6-7,10-12H,4-5,8-9,17H2,1-3H3. The highest BCUT2D eigenvalue weighted by Gasteiger charge is 2.33. The molecule has 2 N–H and O–H groups in total. The summed E-state index contributed by atoms with van der Waals surface area (Å²) in [6.45, 7) is 3.55. The first-order chi connectivity index (χ1) is 10.1. The topological polar surface area (TPSA) is 64.8 Å². The third-order valence-electron chi connectivity index (χ3n) is 4.07. The maximum Gasteiger partial charge on any atom is 0.340 e. The summed E-state index contributed by atoms with van der Waals surface area (Å²) < 4.78 is 10.1. The van der Waals surface area contributed by atoms with Gasteiger partial charge in [-0.1, -0.05) is 0 Å². The molecule has 0 aromatic heterocycles. The zero-order chi connectivity index (χ0) is 15.4. The lowest BCUT2D eigenvalue weighted by molar-refractivity contribution is 0.0601. The predicted octanol–water partition coefficient (Wildman–Crippen LogP) is 2.31. The maximum atomic E-state index is 12.0. The minimum Gasteiger partial charge on any atom is -0.465 e. The van der Waals surface area contributed by atoms with Crippen LogP contribution in [0.15, 0.2) is 18.2 Å². The Morgan fingerprint density at radius 2 is 2.14 bits per heavy atom. The monoisotopic (exact) mass is 292 g/mol. The van der Waals surface area contributed by atoms with Crippen molar-refractivity contribution in [3.05, 3.63) is 23.8 Å². The van der Waals surface area contributed by atoms with Crippen molar-refractivity contribution in [3.63, 3.8) is 0 Å². The van der Waals surface area contributed by atoms with E-state index in [1.54, 1.807) is 13.2 Å². The van der Waals surface area contributed by atoms with Gasteiger partial charge in [0.2, 0.25) is 0 Å². The van der Waals surface area contributed by atoms with Gasteiger partial charge in [-0.25, -0.2) is 4.79 Å². The summed E-state index contributed by atoms with van der Waals surface area (Å²) in [6, 6.07) is 5.77. The van der Waals surface area contributed by atoms with E-state index in [0.717, 1.165) is 12.2 Å². The van der Waals surface area contributed by atoms with Crippen molar-refractivity contribution in [3.8, 4) is 0 Å². The molecule has 2 rings (SSSR count). The van der Waals surface area contributed by atoms with Crippen molar-refractivity contribution in [2.45, 2.75) is 25.8 Å². The number of esters is 1. The van der Waals surface area contributed by atoms with Crippen molar-refractivity contribution in [1.82, 2.24) is 0 Å². The van der Waals surface area contributed by atoms with Gasteiger partial charge in [0.1, 0.15) is 0 Å². The van der Waals surface area contributed by atoms with Crippen LogP contribution in [0.2, 0.25) is 0 Å². The Balaban J connectivity index is 2.35. The summed E-state index contributed by atoms with van der Waals surface area (Å²) in [5.74, 6) is 0.326. The summed E-state index contributed by atoms with van der Waals surface area (Å²) >= 11 is 0. The van der Waals surface area contributed by atoms with Crippen LogP contribution in [0.5, 0.6) is 0 Å². The highest BCUT2D eigenvalue weighted by Crippen LogP contribution is 2.38. The molecular weight excluding hydrogens is 268 g/mol. The van der Waals surface area contributed by atoms with E-state index in [1.807, 2.05) is 12.1 Å². The molecule has 0 aliphatic heterocycles. The average molecular weight is 292 g/mol. The molecule has 1 saturated carbocycles. The van der Waals surface area contributed by atoms with E-state index >= 15 is 0 Å². The zero-order valence-corrected chi connectivity index (χ0v) is 13.0. The molecular formula is C16H24N2O3. The number of ether oxygens (including phenoxy) is 2. The molecule has 1 aromatic carbocycles. The van der Waals surface area contributed by atoms with Gasteiger partial charge in [-0.2, -0.15) is 0 Å². The van der Waals surface area contributed by atoms with Crippen molar-refractivity contribution in [2.75, 3.05) is 38.0 Å². The van der Waals surface area contributed by atoms with E-state index in [-0.39, 0.29) is 5.97 Å². The molecule has 21 heavy (non-hydrogen) atoms. The third-order valence-corrected chi connectivity index (χ3v) is 4.07. The molecule has 0 saturated heterocycles. The van der Waals surface area contributed by atoms with Crippen molar-refractivity contribution in [2.24, 2.45) is 5.92 Å². The second-order valence-electron chi connectivity index (χ2n) is 5.53.